The van der Waals surface area contributed by atoms with Gasteiger partial charge in [0.25, 0.3) is 0 Å². The molecule has 7 heteroatoms. The van der Waals surface area contributed by atoms with Crippen molar-refractivity contribution in [2.24, 2.45) is 0 Å². The summed E-state index contributed by atoms with van der Waals surface area (Å²) < 4.78 is 43.3. The smallest absolute Gasteiger partial charge is 0.216 e. The number of nitriles is 1. The lowest BCUT2D eigenvalue weighted by Crippen LogP contribution is -2.03. The van der Waals surface area contributed by atoms with Crippen molar-refractivity contribution in [2.75, 3.05) is 7.11 Å². The number of sulfone groups is 1. The van der Waals surface area contributed by atoms with E-state index in [1.807, 2.05) is 0 Å². The first-order valence-corrected chi connectivity index (χ1v) is 8.20. The molecule has 0 spiro atoms. The fraction of sp³-hybridized carbons (Fsp3) is 0.0625. The highest BCUT2D eigenvalue weighted by Gasteiger charge is 2.20. The van der Waals surface area contributed by atoms with Crippen molar-refractivity contribution in [2.45, 2.75) is 4.90 Å². The van der Waals surface area contributed by atoms with E-state index in [1.165, 1.54) is 43.5 Å². The highest BCUT2D eigenvalue weighted by atomic mass is 35.5. The minimum atomic E-state index is -4.01. The highest BCUT2D eigenvalue weighted by Crippen LogP contribution is 2.24. The topological polar surface area (TPSA) is 67.2 Å². The standard InChI is InChI=1S/C16H11ClFNO3S/c1-22-16-7-2-11(9-15(16)18)8-14(10-19)23(20,21)13-5-3-12(17)4-6-13/h2-9H,1H3/b14-8+. The fourth-order valence-electron chi connectivity index (χ4n) is 1.83. The van der Waals surface area contributed by atoms with E-state index >= 15 is 0 Å². The molecule has 0 radical (unpaired) electrons. The van der Waals surface area contributed by atoms with Crippen LogP contribution in [-0.4, -0.2) is 15.5 Å². The molecule has 0 amide bonds. The average molecular weight is 352 g/mol. The molecule has 23 heavy (non-hydrogen) atoms. The Balaban J connectivity index is 2.48. The summed E-state index contributed by atoms with van der Waals surface area (Å²) in [6.07, 6.45) is 1.10. The summed E-state index contributed by atoms with van der Waals surface area (Å²) in [5.41, 5.74) is 0.234. The minimum absolute atomic E-state index is 0.0289. The van der Waals surface area contributed by atoms with Gasteiger partial charge in [0.1, 0.15) is 11.0 Å². The van der Waals surface area contributed by atoms with E-state index in [-0.39, 0.29) is 16.2 Å². The summed E-state index contributed by atoms with van der Waals surface area (Å²) in [5.74, 6) is -0.622. The number of rotatable bonds is 4. The van der Waals surface area contributed by atoms with Crippen LogP contribution in [0.3, 0.4) is 0 Å². The number of allylic oxidation sites excluding steroid dienone is 1. The van der Waals surface area contributed by atoms with E-state index < -0.39 is 20.6 Å². The SMILES string of the molecule is COc1ccc(/C=C(\C#N)S(=O)(=O)c2ccc(Cl)cc2)cc1F. The minimum Gasteiger partial charge on any atom is -0.494 e. The highest BCUT2D eigenvalue weighted by molar-refractivity contribution is 7.95. The lowest BCUT2D eigenvalue weighted by molar-refractivity contribution is 0.386. The Bertz CT molecular complexity index is 900. The largest absolute Gasteiger partial charge is 0.494 e. The van der Waals surface area contributed by atoms with Gasteiger partial charge in [-0.2, -0.15) is 5.26 Å². The van der Waals surface area contributed by atoms with Gasteiger partial charge in [-0.3, -0.25) is 0 Å². The van der Waals surface area contributed by atoms with Crippen molar-refractivity contribution in [1.82, 2.24) is 0 Å². The van der Waals surface area contributed by atoms with Crippen molar-refractivity contribution in [3.63, 3.8) is 0 Å². The van der Waals surface area contributed by atoms with Gasteiger partial charge in [-0.1, -0.05) is 17.7 Å². The Hall–Kier alpha value is -2.36. The fourth-order valence-corrected chi connectivity index (χ4v) is 3.12. The van der Waals surface area contributed by atoms with Crippen molar-refractivity contribution in [3.8, 4) is 11.8 Å². The molecule has 2 rings (SSSR count). The Labute approximate surface area is 138 Å². The molecule has 2 aromatic carbocycles. The number of nitrogens with zero attached hydrogens (tertiary/aromatic N) is 1. The van der Waals surface area contributed by atoms with Gasteiger partial charge in [0.2, 0.25) is 9.84 Å². The van der Waals surface area contributed by atoms with Gasteiger partial charge in [0, 0.05) is 5.02 Å². The maximum atomic E-state index is 13.7. The zero-order valence-corrected chi connectivity index (χ0v) is 13.5. The predicted molar refractivity (Wildman–Crippen MR) is 85.2 cm³/mol. The van der Waals surface area contributed by atoms with Crippen LogP contribution in [0.2, 0.25) is 5.02 Å². The Morgan fingerprint density at radius 1 is 1.26 bits per heavy atom. The molecule has 0 atom stereocenters. The zero-order valence-electron chi connectivity index (χ0n) is 12.0. The van der Waals surface area contributed by atoms with Gasteiger partial charge in [0.05, 0.1) is 12.0 Å². The number of methoxy groups -OCH3 is 1. The third-order valence-corrected chi connectivity index (χ3v) is 4.93. The van der Waals surface area contributed by atoms with Gasteiger partial charge in [-0.05, 0) is 48.0 Å². The molecular formula is C16H11ClFNO3S. The zero-order chi connectivity index (χ0) is 17.0. The van der Waals surface area contributed by atoms with Gasteiger partial charge in [0.15, 0.2) is 11.6 Å². The summed E-state index contributed by atoms with van der Waals surface area (Å²) in [6.45, 7) is 0. The summed E-state index contributed by atoms with van der Waals surface area (Å²) >= 11 is 5.72. The molecule has 0 aromatic heterocycles. The lowest BCUT2D eigenvalue weighted by Gasteiger charge is -2.05. The lowest BCUT2D eigenvalue weighted by atomic mass is 10.2. The average Bonchev–Trinajstić information content (AvgIpc) is 2.53. The summed E-state index contributed by atoms with van der Waals surface area (Å²) in [6, 6.07) is 11.0. The first-order chi connectivity index (χ1) is 10.9. The molecule has 0 bridgehead atoms. The van der Waals surface area contributed by atoms with E-state index in [0.717, 1.165) is 12.1 Å². The van der Waals surface area contributed by atoms with Crippen molar-refractivity contribution in [1.29, 1.82) is 5.26 Å². The first-order valence-electron chi connectivity index (χ1n) is 6.34. The second-order valence-electron chi connectivity index (χ2n) is 4.47. The van der Waals surface area contributed by atoms with E-state index in [2.05, 4.69) is 0 Å². The molecule has 0 N–H and O–H groups in total. The molecule has 0 fully saturated rings. The Morgan fingerprint density at radius 2 is 1.91 bits per heavy atom. The number of hydrogen-bond donors (Lipinski definition) is 0. The molecule has 0 saturated carbocycles. The molecular weight excluding hydrogens is 341 g/mol. The third-order valence-electron chi connectivity index (χ3n) is 3.00. The third kappa shape index (κ3) is 3.70. The molecule has 118 valence electrons. The number of benzene rings is 2. The van der Waals surface area contributed by atoms with Crippen LogP contribution in [0.1, 0.15) is 5.56 Å². The summed E-state index contributed by atoms with van der Waals surface area (Å²) in [4.78, 5) is -0.562. The van der Waals surface area contributed by atoms with E-state index in [0.29, 0.717) is 5.02 Å². The van der Waals surface area contributed by atoms with E-state index in [1.54, 1.807) is 6.07 Å². The quantitative estimate of drug-likeness (QED) is 0.785. The first kappa shape index (κ1) is 17.0. The molecule has 2 aromatic rings. The van der Waals surface area contributed by atoms with Crippen LogP contribution in [-0.2, 0) is 9.84 Å². The number of halogens is 2. The predicted octanol–water partition coefficient (Wildman–Crippen LogP) is 3.83. The van der Waals surface area contributed by atoms with Crippen molar-refractivity contribution in [3.05, 3.63) is 63.8 Å². The normalized spacial score (nSPS) is 11.8. The number of hydrogen-bond acceptors (Lipinski definition) is 4. The maximum absolute atomic E-state index is 13.7. The second kappa shape index (κ2) is 6.82. The summed E-state index contributed by atoms with van der Waals surface area (Å²) in [7, 11) is -2.69. The van der Waals surface area contributed by atoms with Gasteiger partial charge < -0.3 is 4.74 Å². The van der Waals surface area contributed by atoms with Crippen LogP contribution in [0.5, 0.6) is 5.75 Å². The molecule has 4 nitrogen and oxygen atoms in total. The molecule has 0 unspecified atom stereocenters. The van der Waals surface area contributed by atoms with Gasteiger partial charge in [-0.25, -0.2) is 12.8 Å². The molecule has 0 heterocycles. The second-order valence-corrected chi connectivity index (χ2v) is 6.83. The van der Waals surface area contributed by atoms with Crippen LogP contribution in [0.25, 0.3) is 6.08 Å². The van der Waals surface area contributed by atoms with Gasteiger partial charge in [-0.15, -0.1) is 0 Å². The van der Waals surface area contributed by atoms with E-state index in [9.17, 15) is 12.8 Å². The van der Waals surface area contributed by atoms with Crippen molar-refractivity contribution < 1.29 is 17.5 Å². The molecule has 0 aliphatic carbocycles. The van der Waals surface area contributed by atoms with Crippen LogP contribution in [0.15, 0.2) is 52.3 Å². The van der Waals surface area contributed by atoms with E-state index in [4.69, 9.17) is 21.6 Å². The monoisotopic (exact) mass is 351 g/mol. The Morgan fingerprint density at radius 3 is 2.43 bits per heavy atom. The maximum Gasteiger partial charge on any atom is 0.216 e. The van der Waals surface area contributed by atoms with Crippen LogP contribution >= 0.6 is 11.6 Å². The van der Waals surface area contributed by atoms with Crippen molar-refractivity contribution >= 4 is 27.5 Å². The van der Waals surface area contributed by atoms with Crippen LogP contribution in [0, 0.1) is 17.1 Å². The molecule has 0 aliphatic rings. The van der Waals surface area contributed by atoms with Crippen LogP contribution < -0.4 is 4.74 Å². The molecule has 0 saturated heterocycles. The molecule has 0 aliphatic heterocycles. The Kier molecular flexibility index (Phi) is 5.04. The van der Waals surface area contributed by atoms with Gasteiger partial charge >= 0.3 is 0 Å². The van der Waals surface area contributed by atoms with Crippen LogP contribution in [0.4, 0.5) is 4.39 Å². The summed E-state index contributed by atoms with van der Waals surface area (Å²) in [5, 5.41) is 9.55. The number of ether oxygens (including phenoxy) is 1.